The molecule has 4 aromatic heterocycles. The molecule has 0 atom stereocenters. The number of ether oxygens (including phenoxy) is 1. The standard InChI is InChI=1S/C20H24N6O2/c1-3-28-9-5-7-21-18(27)13-26-8-4-6-17(26)16-10-15-19-14(12-23-25(19)2)11-22-20(15)24-16/h4,6,8,10-12,23H,3,5,7,9,13H2,1-2H3,(H,21,27). The first kappa shape index (κ1) is 18.2. The minimum atomic E-state index is -0.0254. The molecule has 0 spiro atoms. The number of pyridine rings is 1. The van der Waals surface area contributed by atoms with Gasteiger partial charge in [-0.25, -0.2) is 9.97 Å². The number of fused-ring (bicyclic) bond motifs is 3. The first-order valence-corrected chi connectivity index (χ1v) is 9.47. The molecule has 146 valence electrons. The summed E-state index contributed by atoms with van der Waals surface area (Å²) in [5.74, 6) is -0.0254. The molecular weight excluding hydrogens is 356 g/mol. The van der Waals surface area contributed by atoms with E-state index in [2.05, 4.69) is 20.4 Å². The fourth-order valence-electron chi connectivity index (χ4n) is 3.41. The number of carbonyl (C=O) groups excluding carboxylic acids is 1. The minimum Gasteiger partial charge on any atom is -0.382 e. The van der Waals surface area contributed by atoms with Crippen LogP contribution in [0.15, 0.2) is 36.8 Å². The van der Waals surface area contributed by atoms with Crippen molar-refractivity contribution in [3.8, 4) is 11.4 Å². The molecule has 8 nitrogen and oxygen atoms in total. The van der Waals surface area contributed by atoms with Gasteiger partial charge < -0.3 is 19.7 Å². The Morgan fingerprint density at radius 3 is 3.14 bits per heavy atom. The van der Waals surface area contributed by atoms with E-state index in [1.807, 2.05) is 60.0 Å². The molecule has 0 bridgehead atoms. The summed E-state index contributed by atoms with van der Waals surface area (Å²) in [6, 6.07) is 5.93. The van der Waals surface area contributed by atoms with Gasteiger partial charge in [-0.15, -0.1) is 0 Å². The lowest BCUT2D eigenvalue weighted by Crippen LogP contribution is -2.29. The minimum absolute atomic E-state index is 0.0254. The lowest BCUT2D eigenvalue weighted by Gasteiger charge is -2.09. The number of amides is 1. The van der Waals surface area contributed by atoms with Crippen molar-refractivity contribution >= 4 is 27.8 Å². The van der Waals surface area contributed by atoms with Crippen molar-refractivity contribution < 1.29 is 9.53 Å². The summed E-state index contributed by atoms with van der Waals surface area (Å²) in [5, 5.41) is 8.13. The second kappa shape index (κ2) is 7.85. The number of nitrogens with one attached hydrogen (secondary N) is 2. The lowest BCUT2D eigenvalue weighted by molar-refractivity contribution is -0.121. The third-order valence-electron chi connectivity index (χ3n) is 4.75. The number of carbonyl (C=O) groups is 1. The summed E-state index contributed by atoms with van der Waals surface area (Å²) >= 11 is 0. The Bertz CT molecular complexity index is 1110. The van der Waals surface area contributed by atoms with Crippen molar-refractivity contribution in [2.24, 2.45) is 7.05 Å². The molecule has 4 aromatic rings. The molecule has 0 fully saturated rings. The summed E-state index contributed by atoms with van der Waals surface area (Å²) in [6.07, 6.45) is 6.45. The van der Waals surface area contributed by atoms with E-state index >= 15 is 0 Å². The fourth-order valence-corrected chi connectivity index (χ4v) is 3.41. The maximum absolute atomic E-state index is 12.3. The molecule has 4 rings (SSSR count). The molecule has 0 unspecified atom stereocenters. The van der Waals surface area contributed by atoms with E-state index in [-0.39, 0.29) is 12.5 Å². The van der Waals surface area contributed by atoms with Crippen LogP contribution in [0.3, 0.4) is 0 Å². The van der Waals surface area contributed by atoms with Crippen molar-refractivity contribution in [2.45, 2.75) is 19.9 Å². The highest BCUT2D eigenvalue weighted by atomic mass is 16.5. The third kappa shape index (κ3) is 3.50. The second-order valence-corrected chi connectivity index (χ2v) is 6.70. The Labute approximate surface area is 162 Å². The Morgan fingerprint density at radius 1 is 1.39 bits per heavy atom. The predicted octanol–water partition coefficient (Wildman–Crippen LogP) is 2.46. The van der Waals surface area contributed by atoms with E-state index in [0.29, 0.717) is 25.4 Å². The smallest absolute Gasteiger partial charge is 0.239 e. The van der Waals surface area contributed by atoms with Crippen LogP contribution in [0.5, 0.6) is 0 Å². The van der Waals surface area contributed by atoms with Gasteiger partial charge in [0.15, 0.2) is 5.65 Å². The van der Waals surface area contributed by atoms with Gasteiger partial charge >= 0.3 is 0 Å². The van der Waals surface area contributed by atoms with Crippen molar-refractivity contribution in [1.29, 1.82) is 0 Å². The van der Waals surface area contributed by atoms with Crippen LogP contribution in [0.1, 0.15) is 13.3 Å². The highest BCUT2D eigenvalue weighted by Crippen LogP contribution is 2.28. The maximum atomic E-state index is 12.3. The number of rotatable bonds is 8. The molecule has 1 amide bonds. The summed E-state index contributed by atoms with van der Waals surface area (Å²) in [7, 11) is 1.97. The number of hydrogen-bond acceptors (Lipinski definition) is 4. The van der Waals surface area contributed by atoms with Gasteiger partial charge in [-0.3, -0.25) is 9.48 Å². The molecular formula is C20H24N6O2. The average Bonchev–Trinajstić information content (AvgIpc) is 3.39. The van der Waals surface area contributed by atoms with Gasteiger partial charge in [-0.1, -0.05) is 0 Å². The number of aromatic nitrogens is 5. The number of H-pyrrole nitrogens is 1. The van der Waals surface area contributed by atoms with Crippen molar-refractivity contribution in [2.75, 3.05) is 19.8 Å². The quantitative estimate of drug-likeness (QED) is 0.460. The van der Waals surface area contributed by atoms with Gasteiger partial charge in [0, 0.05) is 56.2 Å². The zero-order valence-corrected chi connectivity index (χ0v) is 16.1. The van der Waals surface area contributed by atoms with Gasteiger partial charge in [0.1, 0.15) is 6.54 Å². The third-order valence-corrected chi connectivity index (χ3v) is 4.75. The zero-order valence-electron chi connectivity index (χ0n) is 16.1. The Balaban J connectivity index is 1.53. The van der Waals surface area contributed by atoms with Crippen molar-refractivity contribution in [3.05, 3.63) is 36.8 Å². The van der Waals surface area contributed by atoms with Gasteiger partial charge in [-0.05, 0) is 31.5 Å². The summed E-state index contributed by atoms with van der Waals surface area (Å²) in [4.78, 5) is 21.4. The molecule has 2 N–H and O–H groups in total. The Hall–Kier alpha value is -3.13. The molecule has 28 heavy (non-hydrogen) atoms. The van der Waals surface area contributed by atoms with E-state index in [0.717, 1.165) is 34.1 Å². The molecule has 0 aromatic carbocycles. The number of aryl methyl sites for hydroxylation is 1. The van der Waals surface area contributed by atoms with E-state index in [9.17, 15) is 4.79 Å². The molecule has 0 aliphatic carbocycles. The SMILES string of the molecule is CCOCCCNC(=O)Cn1cccc1-c1cc2c(ncc3c[nH]n(C)c32)n1. The number of aromatic amines is 1. The summed E-state index contributed by atoms with van der Waals surface area (Å²) in [5.41, 5.74) is 3.47. The molecule has 0 saturated carbocycles. The van der Waals surface area contributed by atoms with E-state index in [4.69, 9.17) is 4.74 Å². The second-order valence-electron chi connectivity index (χ2n) is 6.70. The predicted molar refractivity (Wildman–Crippen MR) is 108 cm³/mol. The van der Waals surface area contributed by atoms with Crippen LogP contribution in [0, 0.1) is 0 Å². The van der Waals surface area contributed by atoms with Crippen LogP contribution >= 0.6 is 0 Å². The highest BCUT2D eigenvalue weighted by Gasteiger charge is 2.14. The van der Waals surface area contributed by atoms with Gasteiger partial charge in [0.25, 0.3) is 0 Å². The molecule has 0 aliphatic rings. The monoisotopic (exact) mass is 380 g/mol. The normalized spacial score (nSPS) is 11.5. The summed E-state index contributed by atoms with van der Waals surface area (Å²) in [6.45, 7) is 4.18. The Kier molecular flexibility index (Phi) is 5.12. The van der Waals surface area contributed by atoms with Crippen LogP contribution in [0.4, 0.5) is 0 Å². The van der Waals surface area contributed by atoms with Crippen molar-refractivity contribution in [3.63, 3.8) is 0 Å². The first-order chi connectivity index (χ1) is 13.7. The largest absolute Gasteiger partial charge is 0.382 e. The van der Waals surface area contributed by atoms with Crippen LogP contribution in [0.2, 0.25) is 0 Å². The molecule has 0 aliphatic heterocycles. The number of hydrogen-bond donors (Lipinski definition) is 2. The van der Waals surface area contributed by atoms with E-state index in [1.165, 1.54) is 0 Å². The molecule has 0 saturated heterocycles. The average molecular weight is 380 g/mol. The van der Waals surface area contributed by atoms with Gasteiger partial charge in [-0.2, -0.15) is 0 Å². The summed E-state index contributed by atoms with van der Waals surface area (Å²) < 4.78 is 9.15. The fraction of sp³-hybridized carbons (Fsp3) is 0.350. The lowest BCUT2D eigenvalue weighted by atomic mass is 10.2. The van der Waals surface area contributed by atoms with Gasteiger partial charge in [0.05, 0.1) is 16.9 Å². The Morgan fingerprint density at radius 2 is 2.29 bits per heavy atom. The zero-order chi connectivity index (χ0) is 19.5. The van der Waals surface area contributed by atoms with Crippen molar-refractivity contribution in [1.82, 2.24) is 29.6 Å². The molecule has 4 heterocycles. The van der Waals surface area contributed by atoms with Crippen LogP contribution in [-0.4, -0.2) is 50.0 Å². The first-order valence-electron chi connectivity index (χ1n) is 9.47. The van der Waals surface area contributed by atoms with Crippen LogP contribution < -0.4 is 5.32 Å². The topological polar surface area (TPSA) is 89.8 Å². The number of nitrogens with zero attached hydrogens (tertiary/aromatic N) is 4. The molecule has 8 heteroatoms. The van der Waals surface area contributed by atoms with Crippen LogP contribution in [0.25, 0.3) is 33.3 Å². The van der Waals surface area contributed by atoms with E-state index < -0.39 is 0 Å². The van der Waals surface area contributed by atoms with E-state index in [1.54, 1.807) is 0 Å². The maximum Gasteiger partial charge on any atom is 0.239 e. The molecule has 0 radical (unpaired) electrons. The highest BCUT2D eigenvalue weighted by molar-refractivity contribution is 6.04. The van der Waals surface area contributed by atoms with Crippen LogP contribution in [-0.2, 0) is 23.1 Å². The van der Waals surface area contributed by atoms with Gasteiger partial charge in [0.2, 0.25) is 5.91 Å².